The van der Waals surface area contributed by atoms with Crippen molar-refractivity contribution >= 4 is 23.2 Å². The summed E-state index contributed by atoms with van der Waals surface area (Å²) in [5, 5.41) is 13.7. The van der Waals surface area contributed by atoms with Crippen molar-refractivity contribution in [3.63, 3.8) is 0 Å². The van der Waals surface area contributed by atoms with Crippen LogP contribution in [0, 0.1) is 5.92 Å². The summed E-state index contributed by atoms with van der Waals surface area (Å²) >= 11 is 1.70. The number of carbonyl (C=O) groups excluding carboxylic acids is 1. The van der Waals surface area contributed by atoms with E-state index >= 15 is 0 Å². The molecule has 1 heterocycles. The number of amides is 1. The summed E-state index contributed by atoms with van der Waals surface area (Å²) < 4.78 is 0. The molecule has 0 saturated carbocycles. The van der Waals surface area contributed by atoms with Gasteiger partial charge in [0.1, 0.15) is 0 Å². The lowest BCUT2D eigenvalue weighted by Crippen LogP contribution is -2.33. The van der Waals surface area contributed by atoms with Gasteiger partial charge in [-0.1, -0.05) is 18.2 Å². The lowest BCUT2D eigenvalue weighted by molar-refractivity contribution is -0.140. The summed E-state index contributed by atoms with van der Waals surface area (Å²) in [5.74, 6) is -1.29. The molecule has 1 aliphatic carbocycles. The van der Waals surface area contributed by atoms with Gasteiger partial charge in [0.25, 0.3) is 0 Å². The van der Waals surface area contributed by atoms with Crippen LogP contribution >= 0.6 is 11.3 Å². The van der Waals surface area contributed by atoms with Gasteiger partial charge in [-0.05, 0) is 30.7 Å². The van der Waals surface area contributed by atoms with Gasteiger partial charge in [0.15, 0.2) is 0 Å². The van der Waals surface area contributed by atoms with Crippen molar-refractivity contribution in [2.24, 2.45) is 5.92 Å². The molecule has 0 saturated heterocycles. The zero-order valence-corrected chi connectivity index (χ0v) is 11.4. The minimum absolute atomic E-state index is 0.00255. The molecule has 2 rings (SSSR count). The molecule has 2 unspecified atom stereocenters. The van der Waals surface area contributed by atoms with E-state index in [4.69, 9.17) is 5.11 Å². The van der Waals surface area contributed by atoms with Crippen LogP contribution in [0.25, 0.3) is 0 Å². The Bertz CT molecular complexity index is 467. The quantitative estimate of drug-likeness (QED) is 0.785. The first kappa shape index (κ1) is 13.8. The molecule has 1 aromatic rings. The molecule has 0 fully saturated rings. The average Bonchev–Trinajstić information content (AvgIpc) is 3.00. The molecule has 19 heavy (non-hydrogen) atoms. The van der Waals surface area contributed by atoms with E-state index in [1.54, 1.807) is 23.5 Å². The van der Waals surface area contributed by atoms with E-state index in [0.717, 1.165) is 12.8 Å². The second kappa shape index (κ2) is 6.52. The normalized spacial score (nSPS) is 21.5. The summed E-state index contributed by atoms with van der Waals surface area (Å²) in [6, 6.07) is 3.95. The molecule has 102 valence electrons. The molecule has 0 spiro atoms. The van der Waals surface area contributed by atoms with Gasteiger partial charge < -0.3 is 10.4 Å². The summed E-state index contributed by atoms with van der Waals surface area (Å²) in [5.41, 5.74) is 0. The molecule has 1 aromatic heterocycles. The van der Waals surface area contributed by atoms with E-state index in [9.17, 15) is 9.59 Å². The number of thiophene rings is 1. The van der Waals surface area contributed by atoms with Crippen LogP contribution in [0.3, 0.4) is 0 Å². The number of carboxylic acids is 1. The number of aliphatic carboxylic acids is 1. The summed E-state index contributed by atoms with van der Waals surface area (Å²) in [6.07, 6.45) is 6.12. The topological polar surface area (TPSA) is 66.4 Å². The Morgan fingerprint density at radius 2 is 2.26 bits per heavy atom. The van der Waals surface area contributed by atoms with Crippen LogP contribution in [-0.4, -0.2) is 23.0 Å². The van der Waals surface area contributed by atoms with E-state index < -0.39 is 11.9 Å². The Hall–Kier alpha value is -1.62. The van der Waals surface area contributed by atoms with E-state index in [0.29, 0.717) is 12.8 Å². The first-order valence-electron chi connectivity index (χ1n) is 6.38. The first-order valence-corrected chi connectivity index (χ1v) is 7.26. The largest absolute Gasteiger partial charge is 0.481 e. The maximum Gasteiger partial charge on any atom is 0.310 e. The fraction of sp³-hybridized carbons (Fsp3) is 0.429. The average molecular weight is 279 g/mol. The number of rotatable bonds is 6. The highest BCUT2D eigenvalue weighted by Gasteiger charge is 2.25. The Balaban J connectivity index is 1.65. The van der Waals surface area contributed by atoms with E-state index in [1.807, 2.05) is 11.4 Å². The molecule has 1 aliphatic rings. The van der Waals surface area contributed by atoms with Crippen molar-refractivity contribution < 1.29 is 14.7 Å². The molecular weight excluding hydrogens is 262 g/mol. The number of hydrogen-bond donors (Lipinski definition) is 2. The highest BCUT2D eigenvalue weighted by atomic mass is 32.1. The van der Waals surface area contributed by atoms with Gasteiger partial charge >= 0.3 is 5.97 Å². The molecule has 5 heteroatoms. The summed E-state index contributed by atoms with van der Waals surface area (Å²) in [4.78, 5) is 23.8. The molecule has 0 aliphatic heterocycles. The monoisotopic (exact) mass is 279 g/mol. The molecule has 2 atom stereocenters. The molecule has 0 aromatic carbocycles. The van der Waals surface area contributed by atoms with Gasteiger partial charge in [-0.15, -0.1) is 11.3 Å². The van der Waals surface area contributed by atoms with Gasteiger partial charge in [-0.25, -0.2) is 0 Å². The minimum atomic E-state index is -0.828. The minimum Gasteiger partial charge on any atom is -0.481 e. The van der Waals surface area contributed by atoms with Crippen molar-refractivity contribution in [2.45, 2.75) is 31.7 Å². The highest BCUT2D eigenvalue weighted by molar-refractivity contribution is 7.09. The van der Waals surface area contributed by atoms with Crippen LogP contribution in [0.1, 0.15) is 24.1 Å². The van der Waals surface area contributed by atoms with Crippen molar-refractivity contribution in [2.75, 3.05) is 0 Å². The first-order chi connectivity index (χ1) is 9.15. The van der Waals surface area contributed by atoms with Gasteiger partial charge in [0.2, 0.25) is 5.91 Å². The Kier molecular flexibility index (Phi) is 4.74. The third-order valence-corrected chi connectivity index (χ3v) is 4.09. The van der Waals surface area contributed by atoms with Crippen LogP contribution in [-0.2, 0) is 16.0 Å². The molecular formula is C14H17NO3S. The molecule has 2 N–H and O–H groups in total. The zero-order chi connectivity index (χ0) is 13.7. The van der Waals surface area contributed by atoms with E-state index in [2.05, 4.69) is 11.4 Å². The van der Waals surface area contributed by atoms with Gasteiger partial charge in [0.05, 0.1) is 5.92 Å². The second-order valence-corrected chi connectivity index (χ2v) is 5.70. The van der Waals surface area contributed by atoms with Crippen LogP contribution in [0.2, 0.25) is 0 Å². The third-order valence-electron chi connectivity index (χ3n) is 3.15. The summed E-state index contributed by atoms with van der Waals surface area (Å²) in [6.45, 7) is 0. The molecule has 0 bridgehead atoms. The van der Waals surface area contributed by atoms with E-state index in [1.165, 1.54) is 4.88 Å². The predicted molar refractivity (Wildman–Crippen MR) is 74.1 cm³/mol. The zero-order valence-electron chi connectivity index (χ0n) is 10.5. The smallest absolute Gasteiger partial charge is 0.310 e. The SMILES string of the molecule is O=C(CCCc1cccs1)NC1C=CC(C(=O)O)C1. The number of aryl methyl sites for hydroxylation is 1. The van der Waals surface area contributed by atoms with Gasteiger partial charge in [-0.3, -0.25) is 9.59 Å². The number of carboxylic acid groups (broad SMARTS) is 1. The standard InChI is InChI=1S/C14H17NO3S/c16-13(5-1-3-12-4-2-8-19-12)15-11-7-6-10(9-11)14(17)18/h2,4,6-8,10-11H,1,3,5,9H2,(H,15,16)(H,17,18). The van der Waals surface area contributed by atoms with Crippen molar-refractivity contribution in [3.8, 4) is 0 Å². The lowest BCUT2D eigenvalue weighted by Gasteiger charge is -2.11. The molecule has 1 amide bonds. The Morgan fingerprint density at radius 3 is 2.89 bits per heavy atom. The van der Waals surface area contributed by atoms with Crippen LogP contribution in [0.4, 0.5) is 0 Å². The number of nitrogens with one attached hydrogen (secondary N) is 1. The van der Waals surface area contributed by atoms with E-state index in [-0.39, 0.29) is 11.9 Å². The highest BCUT2D eigenvalue weighted by Crippen LogP contribution is 2.18. The van der Waals surface area contributed by atoms with Crippen LogP contribution in [0.15, 0.2) is 29.7 Å². The number of hydrogen-bond acceptors (Lipinski definition) is 3. The fourth-order valence-corrected chi connectivity index (χ4v) is 2.90. The maximum atomic E-state index is 11.7. The Morgan fingerprint density at radius 1 is 1.42 bits per heavy atom. The van der Waals surface area contributed by atoms with Gasteiger partial charge in [-0.2, -0.15) is 0 Å². The van der Waals surface area contributed by atoms with Crippen molar-refractivity contribution in [1.29, 1.82) is 0 Å². The Labute approximate surface area is 116 Å². The van der Waals surface area contributed by atoms with Crippen LogP contribution < -0.4 is 5.32 Å². The fourth-order valence-electron chi connectivity index (χ4n) is 2.15. The number of carbonyl (C=O) groups is 2. The van der Waals surface area contributed by atoms with Crippen molar-refractivity contribution in [1.82, 2.24) is 5.32 Å². The maximum absolute atomic E-state index is 11.7. The third kappa shape index (κ3) is 4.21. The molecule has 0 radical (unpaired) electrons. The molecule has 4 nitrogen and oxygen atoms in total. The van der Waals surface area contributed by atoms with Gasteiger partial charge in [0, 0.05) is 17.3 Å². The second-order valence-electron chi connectivity index (χ2n) is 4.67. The summed E-state index contributed by atoms with van der Waals surface area (Å²) in [7, 11) is 0. The predicted octanol–water partition coefficient (Wildman–Crippen LogP) is 2.22. The van der Waals surface area contributed by atoms with Crippen molar-refractivity contribution in [3.05, 3.63) is 34.5 Å². The lowest BCUT2D eigenvalue weighted by atomic mass is 10.1. The van der Waals surface area contributed by atoms with Crippen LogP contribution in [0.5, 0.6) is 0 Å².